The molecule has 0 bridgehead atoms. The van der Waals surface area contributed by atoms with Gasteiger partial charge in [0.1, 0.15) is 0 Å². The normalized spacial score (nSPS) is 18.7. The zero-order valence-corrected chi connectivity index (χ0v) is 12.5. The van der Waals surface area contributed by atoms with E-state index in [1.807, 2.05) is 0 Å². The van der Waals surface area contributed by atoms with Crippen molar-refractivity contribution in [3.8, 4) is 0 Å². The number of hydrogen-bond donors (Lipinski definition) is 1. The Balaban J connectivity index is 2.19. The van der Waals surface area contributed by atoms with Crippen molar-refractivity contribution >= 4 is 11.6 Å². The summed E-state index contributed by atoms with van der Waals surface area (Å²) in [6.07, 6.45) is -5.28. The summed E-state index contributed by atoms with van der Waals surface area (Å²) in [7, 11) is 0. The van der Waals surface area contributed by atoms with Crippen molar-refractivity contribution in [3.05, 3.63) is 29.3 Å². The van der Waals surface area contributed by atoms with Crippen molar-refractivity contribution < 1.29 is 26.7 Å². The number of carbonyl (C=O) groups is 1. The van der Waals surface area contributed by atoms with Crippen LogP contribution in [-0.2, 0) is 17.5 Å². The van der Waals surface area contributed by atoms with Gasteiger partial charge in [-0.1, -0.05) is 6.07 Å². The van der Waals surface area contributed by atoms with Crippen LogP contribution >= 0.6 is 0 Å². The lowest BCUT2D eigenvalue weighted by atomic mass is 10.0. The van der Waals surface area contributed by atoms with Crippen molar-refractivity contribution in [2.75, 3.05) is 18.4 Å². The van der Waals surface area contributed by atoms with Gasteiger partial charge >= 0.3 is 6.18 Å². The van der Waals surface area contributed by atoms with Gasteiger partial charge in [0, 0.05) is 45.1 Å². The van der Waals surface area contributed by atoms with Gasteiger partial charge in [-0.2, -0.15) is 13.2 Å². The number of carbonyl (C=O) groups excluding carboxylic acids is 1. The Hall–Kier alpha value is -1.70. The molecule has 1 aromatic carbocycles. The van der Waals surface area contributed by atoms with Gasteiger partial charge in [-0.25, -0.2) is 8.78 Å². The molecule has 0 unspecified atom stereocenters. The molecule has 1 fully saturated rings. The molecule has 3 nitrogen and oxygen atoms in total. The van der Waals surface area contributed by atoms with Crippen molar-refractivity contribution in [1.29, 1.82) is 0 Å². The van der Waals surface area contributed by atoms with Gasteiger partial charge in [0.05, 0.1) is 5.56 Å². The molecule has 1 heterocycles. The van der Waals surface area contributed by atoms with Crippen LogP contribution in [0.2, 0.25) is 0 Å². The van der Waals surface area contributed by atoms with E-state index in [4.69, 9.17) is 0 Å². The fourth-order valence-electron chi connectivity index (χ4n) is 2.54. The number of alkyl halides is 5. The Bertz CT molecular complexity index is 576. The highest BCUT2D eigenvalue weighted by atomic mass is 19.4. The number of benzene rings is 1. The zero-order valence-electron chi connectivity index (χ0n) is 12.5. The van der Waals surface area contributed by atoms with Crippen LogP contribution in [0.5, 0.6) is 0 Å². The molecule has 2 rings (SSSR count). The maximum atomic E-state index is 13.2. The third-order valence-corrected chi connectivity index (χ3v) is 3.72. The summed E-state index contributed by atoms with van der Waals surface area (Å²) >= 11 is 0. The van der Waals surface area contributed by atoms with Crippen LogP contribution in [-0.4, -0.2) is 29.8 Å². The minimum absolute atomic E-state index is 0.0109. The lowest BCUT2D eigenvalue weighted by Gasteiger charge is -2.32. The standard InChI is InChI=1S/C15H17F5N2O/c1-10(23)21-12-3-2-11(13(8-12)15(18,19)20)9-22-6-4-14(16,17)5-7-22/h2-3,8H,4-7,9H2,1H3,(H,21,23). The molecule has 0 saturated carbocycles. The van der Waals surface area contributed by atoms with Crippen LogP contribution in [0.1, 0.15) is 30.9 Å². The third-order valence-electron chi connectivity index (χ3n) is 3.72. The Kier molecular flexibility index (Phi) is 4.93. The second-order valence-corrected chi connectivity index (χ2v) is 5.68. The minimum atomic E-state index is -4.58. The molecule has 1 amide bonds. The summed E-state index contributed by atoms with van der Waals surface area (Å²) in [4.78, 5) is 12.5. The minimum Gasteiger partial charge on any atom is -0.326 e. The smallest absolute Gasteiger partial charge is 0.326 e. The number of nitrogens with zero attached hydrogens (tertiary/aromatic N) is 1. The Labute approximate surface area is 130 Å². The first-order valence-electron chi connectivity index (χ1n) is 7.15. The third kappa shape index (κ3) is 4.89. The van der Waals surface area contributed by atoms with Crippen molar-refractivity contribution in [1.82, 2.24) is 4.90 Å². The van der Waals surface area contributed by atoms with Gasteiger partial charge in [0.15, 0.2) is 0 Å². The molecule has 0 atom stereocenters. The first-order valence-corrected chi connectivity index (χ1v) is 7.15. The molecule has 0 aliphatic carbocycles. The number of amides is 1. The monoisotopic (exact) mass is 336 g/mol. The zero-order chi connectivity index (χ0) is 17.3. The van der Waals surface area contributed by atoms with Gasteiger partial charge in [-0.05, 0) is 17.7 Å². The molecule has 1 saturated heterocycles. The molecule has 0 aromatic heterocycles. The lowest BCUT2D eigenvalue weighted by molar-refractivity contribution is -0.138. The van der Waals surface area contributed by atoms with E-state index in [1.54, 1.807) is 4.90 Å². The molecule has 1 aliphatic rings. The fraction of sp³-hybridized carbons (Fsp3) is 0.533. The van der Waals surface area contributed by atoms with Crippen LogP contribution in [0.4, 0.5) is 27.6 Å². The summed E-state index contributed by atoms with van der Waals surface area (Å²) < 4.78 is 65.8. The van der Waals surface area contributed by atoms with E-state index in [-0.39, 0.29) is 43.7 Å². The number of anilines is 1. The van der Waals surface area contributed by atoms with Gasteiger partial charge < -0.3 is 5.32 Å². The highest BCUT2D eigenvalue weighted by molar-refractivity contribution is 5.88. The maximum absolute atomic E-state index is 13.2. The van der Waals surface area contributed by atoms with E-state index in [1.165, 1.54) is 19.1 Å². The molecule has 128 valence electrons. The molecule has 0 radical (unpaired) electrons. The number of rotatable bonds is 3. The molecular weight excluding hydrogens is 319 g/mol. The maximum Gasteiger partial charge on any atom is 0.416 e. The SMILES string of the molecule is CC(=O)Nc1ccc(CN2CCC(F)(F)CC2)c(C(F)(F)F)c1. The molecule has 1 N–H and O–H groups in total. The Morgan fingerprint density at radius 2 is 1.87 bits per heavy atom. The lowest BCUT2D eigenvalue weighted by Crippen LogP contribution is -2.39. The van der Waals surface area contributed by atoms with Crippen molar-refractivity contribution in [3.63, 3.8) is 0 Å². The average Bonchev–Trinajstić information content (AvgIpc) is 2.41. The molecule has 8 heteroatoms. The number of halogens is 5. The highest BCUT2D eigenvalue weighted by Crippen LogP contribution is 2.35. The molecular formula is C15H17F5N2O. The number of likely N-dealkylation sites (tertiary alicyclic amines) is 1. The first kappa shape index (κ1) is 17.7. The Morgan fingerprint density at radius 1 is 1.26 bits per heavy atom. The average molecular weight is 336 g/mol. The van der Waals surface area contributed by atoms with Gasteiger partial charge in [-0.15, -0.1) is 0 Å². The highest BCUT2D eigenvalue weighted by Gasteiger charge is 2.36. The summed E-state index contributed by atoms with van der Waals surface area (Å²) in [5.74, 6) is -3.21. The van der Waals surface area contributed by atoms with Crippen molar-refractivity contribution in [2.45, 2.75) is 38.4 Å². The van der Waals surface area contributed by atoms with Gasteiger partial charge in [0.2, 0.25) is 5.91 Å². The number of piperidine rings is 1. The number of hydrogen-bond acceptors (Lipinski definition) is 2. The summed E-state index contributed by atoms with van der Waals surface area (Å²) in [5.41, 5.74) is -0.795. The van der Waals surface area contributed by atoms with E-state index in [0.29, 0.717) is 0 Å². The van der Waals surface area contributed by atoms with Crippen LogP contribution in [0.3, 0.4) is 0 Å². The quantitative estimate of drug-likeness (QED) is 0.849. The van der Waals surface area contributed by atoms with Crippen LogP contribution in [0.15, 0.2) is 18.2 Å². The molecule has 1 aliphatic heterocycles. The van der Waals surface area contributed by atoms with Crippen LogP contribution in [0.25, 0.3) is 0 Å². The first-order chi connectivity index (χ1) is 10.6. The van der Waals surface area contributed by atoms with E-state index >= 15 is 0 Å². The second kappa shape index (κ2) is 6.43. The molecule has 1 aromatic rings. The molecule has 23 heavy (non-hydrogen) atoms. The van der Waals surface area contributed by atoms with E-state index in [0.717, 1.165) is 6.07 Å². The fourth-order valence-corrected chi connectivity index (χ4v) is 2.54. The van der Waals surface area contributed by atoms with Gasteiger partial charge in [0.25, 0.3) is 5.92 Å². The molecule has 0 spiro atoms. The Morgan fingerprint density at radius 3 is 2.39 bits per heavy atom. The summed E-state index contributed by atoms with van der Waals surface area (Å²) in [6, 6.07) is 3.53. The van der Waals surface area contributed by atoms with Crippen LogP contribution in [0, 0.1) is 0 Å². The van der Waals surface area contributed by atoms with Crippen molar-refractivity contribution in [2.24, 2.45) is 0 Å². The van der Waals surface area contributed by atoms with E-state index in [2.05, 4.69) is 5.32 Å². The topological polar surface area (TPSA) is 32.3 Å². The second-order valence-electron chi connectivity index (χ2n) is 5.68. The van der Waals surface area contributed by atoms with E-state index < -0.39 is 23.6 Å². The summed E-state index contributed by atoms with van der Waals surface area (Å²) in [6.45, 7) is 1.26. The predicted molar refractivity (Wildman–Crippen MR) is 75.2 cm³/mol. The largest absolute Gasteiger partial charge is 0.416 e. The predicted octanol–water partition coefficient (Wildman–Crippen LogP) is 3.89. The van der Waals surface area contributed by atoms with E-state index in [9.17, 15) is 26.7 Å². The van der Waals surface area contributed by atoms with Gasteiger partial charge in [-0.3, -0.25) is 9.69 Å². The van der Waals surface area contributed by atoms with Crippen LogP contribution < -0.4 is 5.32 Å². The summed E-state index contributed by atoms with van der Waals surface area (Å²) in [5, 5.41) is 2.31. The number of nitrogens with one attached hydrogen (secondary N) is 1.